The number of nitrogens with zero attached hydrogens (tertiary/aromatic N) is 1. The number of halogens is 5. The summed E-state index contributed by atoms with van der Waals surface area (Å²) in [7, 11) is 0. The third-order valence-electron chi connectivity index (χ3n) is 5.74. The van der Waals surface area contributed by atoms with E-state index in [2.05, 4.69) is 22.0 Å². The molecule has 1 atom stereocenters. The molecule has 40 heavy (non-hydrogen) atoms. The molecule has 1 aliphatic heterocycles. The van der Waals surface area contributed by atoms with Gasteiger partial charge in [0, 0.05) is 11.4 Å². The van der Waals surface area contributed by atoms with Gasteiger partial charge < -0.3 is 20.4 Å². The van der Waals surface area contributed by atoms with Crippen molar-refractivity contribution in [3.05, 3.63) is 105 Å². The molecule has 3 N–H and O–H groups in total. The minimum Gasteiger partial charge on any atom is -0.468 e. The van der Waals surface area contributed by atoms with Crippen molar-refractivity contribution in [1.29, 1.82) is 5.26 Å². The van der Waals surface area contributed by atoms with E-state index in [1.807, 2.05) is 0 Å². The Kier molecular flexibility index (Phi) is 8.56. The molecule has 0 aliphatic carbocycles. The fourth-order valence-corrected chi connectivity index (χ4v) is 4.98. The highest BCUT2D eigenvalue weighted by atomic mass is 35.5. The second-order valence-electron chi connectivity index (χ2n) is 8.46. The number of dihydropyridines is 1. The van der Waals surface area contributed by atoms with Crippen LogP contribution in [0.2, 0.25) is 5.02 Å². The first-order valence-electron chi connectivity index (χ1n) is 11.5. The Morgan fingerprint density at radius 2 is 1.88 bits per heavy atom. The summed E-state index contributed by atoms with van der Waals surface area (Å²) in [6, 6.07) is 12.9. The Balaban J connectivity index is 1.60. The summed E-state index contributed by atoms with van der Waals surface area (Å²) in [5, 5.41) is 18.2. The van der Waals surface area contributed by atoms with Crippen LogP contribution in [0.4, 0.5) is 28.9 Å². The van der Waals surface area contributed by atoms with Gasteiger partial charge in [-0.2, -0.15) is 18.4 Å². The Labute approximate surface area is 234 Å². The topological polar surface area (TPSA) is 107 Å². The van der Waals surface area contributed by atoms with Crippen LogP contribution in [0.3, 0.4) is 0 Å². The van der Waals surface area contributed by atoms with Crippen LogP contribution in [-0.4, -0.2) is 17.6 Å². The molecule has 0 radical (unpaired) electrons. The molecule has 0 saturated carbocycles. The number of rotatable bonds is 7. The van der Waals surface area contributed by atoms with E-state index in [0.29, 0.717) is 5.69 Å². The SMILES string of the molecule is CC1=C(C(=O)Nc2cc(C(F)(F)F)ccc2Cl)[C@H](c2ccco2)C(C#N)=C(SCC(=O)Nc2ccc(F)cc2)N1. The average molecular weight is 591 g/mol. The second-order valence-corrected chi connectivity index (χ2v) is 9.85. The number of hydrogen-bond donors (Lipinski definition) is 3. The molecule has 3 aromatic rings. The molecule has 7 nitrogen and oxygen atoms in total. The van der Waals surface area contributed by atoms with Gasteiger partial charge in [0.25, 0.3) is 5.91 Å². The zero-order valence-electron chi connectivity index (χ0n) is 20.5. The quantitative estimate of drug-likeness (QED) is 0.261. The first-order chi connectivity index (χ1) is 19.0. The molecule has 1 aliphatic rings. The van der Waals surface area contributed by atoms with Crippen molar-refractivity contribution < 1.29 is 31.6 Å². The number of amides is 2. The number of anilines is 2. The highest BCUT2D eigenvalue weighted by molar-refractivity contribution is 8.03. The highest BCUT2D eigenvalue weighted by Gasteiger charge is 2.37. The molecule has 1 aromatic heterocycles. The van der Waals surface area contributed by atoms with Crippen molar-refractivity contribution in [2.75, 3.05) is 16.4 Å². The number of benzene rings is 2. The summed E-state index contributed by atoms with van der Waals surface area (Å²) < 4.78 is 58.3. The van der Waals surface area contributed by atoms with Gasteiger partial charge in [0.05, 0.1) is 56.5 Å². The van der Waals surface area contributed by atoms with Crippen LogP contribution in [0.15, 0.2) is 87.1 Å². The predicted octanol–water partition coefficient (Wildman–Crippen LogP) is 6.80. The lowest BCUT2D eigenvalue weighted by atomic mass is 9.85. The minimum absolute atomic E-state index is 0.0140. The number of nitriles is 1. The molecule has 13 heteroatoms. The van der Waals surface area contributed by atoms with Crippen molar-refractivity contribution >= 4 is 46.6 Å². The number of nitrogens with one attached hydrogen (secondary N) is 3. The fourth-order valence-electron chi connectivity index (χ4n) is 3.92. The van der Waals surface area contributed by atoms with E-state index in [4.69, 9.17) is 16.0 Å². The molecule has 2 heterocycles. The van der Waals surface area contributed by atoms with Crippen LogP contribution in [-0.2, 0) is 15.8 Å². The lowest BCUT2D eigenvalue weighted by molar-refractivity contribution is -0.137. The molecule has 2 aromatic carbocycles. The van der Waals surface area contributed by atoms with Crippen molar-refractivity contribution in [2.24, 2.45) is 0 Å². The maximum Gasteiger partial charge on any atom is 0.416 e. The van der Waals surface area contributed by atoms with E-state index >= 15 is 0 Å². The van der Waals surface area contributed by atoms with Crippen molar-refractivity contribution in [1.82, 2.24) is 5.32 Å². The van der Waals surface area contributed by atoms with Gasteiger partial charge >= 0.3 is 6.18 Å². The molecule has 0 bridgehead atoms. The number of hydrogen-bond acceptors (Lipinski definition) is 6. The molecule has 0 saturated heterocycles. The minimum atomic E-state index is -4.66. The zero-order chi connectivity index (χ0) is 29.0. The number of alkyl halides is 3. The maximum absolute atomic E-state index is 13.4. The summed E-state index contributed by atoms with van der Waals surface area (Å²) in [6.07, 6.45) is -3.31. The van der Waals surface area contributed by atoms with Crippen LogP contribution in [0.1, 0.15) is 24.2 Å². The lowest BCUT2D eigenvalue weighted by Gasteiger charge is -2.28. The van der Waals surface area contributed by atoms with Crippen LogP contribution < -0.4 is 16.0 Å². The first kappa shape index (κ1) is 28.8. The van der Waals surface area contributed by atoms with Gasteiger partial charge in [0.2, 0.25) is 5.91 Å². The Bertz CT molecular complexity index is 1550. The van der Waals surface area contributed by atoms with Gasteiger partial charge in [0.1, 0.15) is 11.6 Å². The molecular formula is C27H19ClF4N4O3S. The molecular weight excluding hydrogens is 572 g/mol. The van der Waals surface area contributed by atoms with E-state index in [1.54, 1.807) is 19.1 Å². The normalized spacial score (nSPS) is 15.4. The summed E-state index contributed by atoms with van der Waals surface area (Å²) in [6.45, 7) is 1.55. The van der Waals surface area contributed by atoms with E-state index in [1.165, 1.54) is 30.5 Å². The standard InChI is InChI=1S/C27H19ClF4N4O3S/c1-14-23(25(38)36-20-11-15(27(30,31)32)4-9-19(20)28)24(21-3-2-10-39-21)18(12-33)26(34-14)40-13-22(37)35-17-7-5-16(29)6-8-17/h2-11,24,34H,13H2,1H3,(H,35,37)(H,36,38)/t24-/m0/s1. The number of allylic oxidation sites excluding steroid dienone is 2. The van der Waals surface area contributed by atoms with Gasteiger partial charge in [0.15, 0.2) is 0 Å². The molecule has 4 rings (SSSR count). The third-order valence-corrected chi connectivity index (χ3v) is 7.08. The number of carbonyl (C=O) groups is 2. The van der Waals surface area contributed by atoms with Crippen molar-refractivity contribution in [2.45, 2.75) is 19.0 Å². The van der Waals surface area contributed by atoms with Crippen LogP contribution in [0.25, 0.3) is 0 Å². The van der Waals surface area contributed by atoms with Gasteiger partial charge in [-0.25, -0.2) is 4.39 Å². The largest absolute Gasteiger partial charge is 0.468 e. The number of carbonyl (C=O) groups excluding carboxylic acids is 2. The van der Waals surface area contributed by atoms with Gasteiger partial charge in [-0.05, 0) is 61.5 Å². The smallest absolute Gasteiger partial charge is 0.416 e. The van der Waals surface area contributed by atoms with E-state index in [0.717, 1.165) is 30.0 Å². The van der Waals surface area contributed by atoms with E-state index < -0.39 is 35.3 Å². The number of thioether (sulfide) groups is 1. The monoisotopic (exact) mass is 590 g/mol. The van der Waals surface area contributed by atoms with Gasteiger partial charge in [-0.15, -0.1) is 0 Å². The average Bonchev–Trinajstić information content (AvgIpc) is 3.43. The van der Waals surface area contributed by atoms with E-state index in [-0.39, 0.29) is 44.1 Å². The maximum atomic E-state index is 13.4. The van der Waals surface area contributed by atoms with Crippen LogP contribution in [0, 0.1) is 17.1 Å². The van der Waals surface area contributed by atoms with Gasteiger partial charge in [-0.1, -0.05) is 23.4 Å². The molecule has 0 spiro atoms. The zero-order valence-corrected chi connectivity index (χ0v) is 22.1. The summed E-state index contributed by atoms with van der Waals surface area (Å²) in [4.78, 5) is 25.9. The third kappa shape index (κ3) is 6.50. The fraction of sp³-hybridized carbons (Fsp3) is 0.148. The molecule has 0 unspecified atom stereocenters. The Hall–Kier alpha value is -4.21. The Morgan fingerprint density at radius 3 is 2.50 bits per heavy atom. The van der Waals surface area contributed by atoms with Crippen molar-refractivity contribution in [3.8, 4) is 6.07 Å². The van der Waals surface area contributed by atoms with Gasteiger partial charge in [-0.3, -0.25) is 9.59 Å². The predicted molar refractivity (Wildman–Crippen MR) is 142 cm³/mol. The molecule has 206 valence electrons. The molecule has 0 fully saturated rings. The van der Waals surface area contributed by atoms with Crippen molar-refractivity contribution in [3.63, 3.8) is 0 Å². The number of furan rings is 1. The summed E-state index contributed by atoms with van der Waals surface area (Å²) >= 11 is 7.06. The summed E-state index contributed by atoms with van der Waals surface area (Å²) in [5.74, 6) is -2.63. The van der Waals surface area contributed by atoms with Crippen LogP contribution >= 0.6 is 23.4 Å². The summed E-state index contributed by atoms with van der Waals surface area (Å²) in [5.41, 5.74) is -0.532. The lowest BCUT2D eigenvalue weighted by Crippen LogP contribution is -2.31. The highest BCUT2D eigenvalue weighted by Crippen LogP contribution is 2.42. The van der Waals surface area contributed by atoms with E-state index in [9.17, 15) is 32.4 Å². The van der Waals surface area contributed by atoms with Crippen LogP contribution in [0.5, 0.6) is 0 Å². The molecule has 2 amide bonds. The second kappa shape index (κ2) is 11.9. The first-order valence-corrected chi connectivity index (χ1v) is 12.9. The Morgan fingerprint density at radius 1 is 1.15 bits per heavy atom.